The van der Waals surface area contributed by atoms with Crippen LogP contribution in [0.15, 0.2) is 88.2 Å². The molecule has 8 heteroatoms. The van der Waals surface area contributed by atoms with Crippen molar-refractivity contribution in [1.82, 2.24) is 4.31 Å². The van der Waals surface area contributed by atoms with Crippen molar-refractivity contribution in [1.29, 1.82) is 0 Å². The quantitative estimate of drug-likeness (QED) is 0.548. The minimum Gasteiger partial charge on any atom is -0.325 e. The van der Waals surface area contributed by atoms with Gasteiger partial charge >= 0.3 is 0 Å². The first kappa shape index (κ1) is 21.2. The lowest BCUT2D eigenvalue weighted by Crippen LogP contribution is -2.37. The number of carbonyl (C=O) groups excluding carboxylic acids is 1. The lowest BCUT2D eigenvalue weighted by Gasteiger charge is -2.22. The molecule has 0 fully saturated rings. The minimum absolute atomic E-state index is 0.0661. The Bertz CT molecular complexity index is 1090. The number of amides is 1. The second kappa shape index (κ2) is 9.30. The number of hydrogen-bond acceptors (Lipinski definition) is 3. The highest BCUT2D eigenvalue weighted by Crippen LogP contribution is 2.20. The summed E-state index contributed by atoms with van der Waals surface area (Å²) in [5.41, 5.74) is 1.12. The third kappa shape index (κ3) is 5.72. The standard InChI is InChI=1S/C21H18BrFN2O3S/c22-17-5-4-6-19(13-17)24-21(26)15-25(14-16-9-11-18(23)12-10-16)29(27,28)20-7-2-1-3-8-20/h1-13H,14-15H2,(H,24,26). The Morgan fingerprint density at radius 3 is 2.31 bits per heavy atom. The Hall–Kier alpha value is -2.55. The molecule has 150 valence electrons. The maximum atomic E-state index is 13.2. The molecule has 0 saturated carbocycles. The van der Waals surface area contributed by atoms with Crippen LogP contribution >= 0.6 is 15.9 Å². The van der Waals surface area contributed by atoms with E-state index in [0.717, 1.165) is 8.78 Å². The van der Waals surface area contributed by atoms with Crippen LogP contribution in [0.1, 0.15) is 5.56 Å². The molecule has 0 bridgehead atoms. The Morgan fingerprint density at radius 1 is 0.966 bits per heavy atom. The van der Waals surface area contributed by atoms with Crippen LogP contribution in [0, 0.1) is 5.82 Å². The summed E-state index contributed by atoms with van der Waals surface area (Å²) >= 11 is 3.33. The van der Waals surface area contributed by atoms with Crippen molar-refractivity contribution >= 4 is 37.5 Å². The lowest BCUT2D eigenvalue weighted by atomic mass is 10.2. The molecular formula is C21H18BrFN2O3S. The van der Waals surface area contributed by atoms with Gasteiger partial charge in [-0.3, -0.25) is 4.79 Å². The Morgan fingerprint density at radius 2 is 1.66 bits per heavy atom. The van der Waals surface area contributed by atoms with E-state index >= 15 is 0 Å². The molecule has 1 N–H and O–H groups in total. The molecule has 29 heavy (non-hydrogen) atoms. The van der Waals surface area contributed by atoms with Gasteiger partial charge in [-0.1, -0.05) is 52.3 Å². The highest BCUT2D eigenvalue weighted by atomic mass is 79.9. The van der Waals surface area contributed by atoms with E-state index in [2.05, 4.69) is 21.2 Å². The molecule has 0 aliphatic heterocycles. The fraction of sp³-hybridized carbons (Fsp3) is 0.0952. The van der Waals surface area contributed by atoms with Gasteiger partial charge in [0, 0.05) is 16.7 Å². The highest BCUT2D eigenvalue weighted by Gasteiger charge is 2.27. The number of anilines is 1. The van der Waals surface area contributed by atoms with Crippen LogP contribution in [0.25, 0.3) is 0 Å². The second-order valence-electron chi connectivity index (χ2n) is 6.27. The van der Waals surface area contributed by atoms with E-state index in [1.807, 2.05) is 6.07 Å². The Balaban J connectivity index is 1.85. The summed E-state index contributed by atoms with van der Waals surface area (Å²) in [6.07, 6.45) is 0. The smallest absolute Gasteiger partial charge is 0.243 e. The number of nitrogens with zero attached hydrogens (tertiary/aromatic N) is 1. The summed E-state index contributed by atoms with van der Waals surface area (Å²) in [6.45, 7) is -0.454. The van der Waals surface area contributed by atoms with E-state index in [-0.39, 0.29) is 18.0 Å². The van der Waals surface area contributed by atoms with Gasteiger partial charge in [-0.15, -0.1) is 0 Å². The summed E-state index contributed by atoms with van der Waals surface area (Å²) in [4.78, 5) is 12.6. The number of rotatable bonds is 7. The molecule has 0 heterocycles. The normalized spacial score (nSPS) is 11.4. The molecule has 0 aromatic heterocycles. The average molecular weight is 477 g/mol. The first-order valence-electron chi connectivity index (χ1n) is 8.70. The zero-order valence-corrected chi connectivity index (χ0v) is 17.7. The molecule has 0 aliphatic carbocycles. The van der Waals surface area contributed by atoms with E-state index < -0.39 is 21.7 Å². The van der Waals surface area contributed by atoms with Gasteiger partial charge in [-0.25, -0.2) is 12.8 Å². The lowest BCUT2D eigenvalue weighted by molar-refractivity contribution is -0.116. The first-order valence-corrected chi connectivity index (χ1v) is 10.9. The minimum atomic E-state index is -3.94. The highest BCUT2D eigenvalue weighted by molar-refractivity contribution is 9.10. The molecule has 1 amide bonds. The summed E-state index contributed by atoms with van der Waals surface area (Å²) in [5.74, 6) is -0.900. The van der Waals surface area contributed by atoms with Crippen LogP contribution in [-0.4, -0.2) is 25.2 Å². The summed E-state index contributed by atoms with van der Waals surface area (Å²) in [7, 11) is -3.94. The summed E-state index contributed by atoms with van der Waals surface area (Å²) < 4.78 is 41.3. The van der Waals surface area contributed by atoms with Gasteiger partial charge in [0.1, 0.15) is 5.82 Å². The summed E-state index contributed by atoms with van der Waals surface area (Å²) in [5, 5.41) is 2.70. The van der Waals surface area contributed by atoms with Crippen LogP contribution in [0.5, 0.6) is 0 Å². The SMILES string of the molecule is O=C(CN(Cc1ccc(F)cc1)S(=O)(=O)c1ccccc1)Nc1cccc(Br)c1. The van der Waals surface area contributed by atoms with Crippen molar-refractivity contribution in [3.05, 3.63) is 94.7 Å². The van der Waals surface area contributed by atoms with E-state index in [1.54, 1.807) is 36.4 Å². The van der Waals surface area contributed by atoms with Gasteiger partial charge in [-0.2, -0.15) is 4.31 Å². The largest absolute Gasteiger partial charge is 0.325 e. The van der Waals surface area contributed by atoms with E-state index in [4.69, 9.17) is 0 Å². The number of hydrogen-bond donors (Lipinski definition) is 1. The number of benzene rings is 3. The van der Waals surface area contributed by atoms with Gasteiger partial charge in [0.15, 0.2) is 0 Å². The van der Waals surface area contributed by atoms with Crippen molar-refractivity contribution in [3.8, 4) is 0 Å². The van der Waals surface area contributed by atoms with Crippen molar-refractivity contribution in [2.75, 3.05) is 11.9 Å². The van der Waals surface area contributed by atoms with Gasteiger partial charge in [0.2, 0.25) is 15.9 Å². The Kier molecular flexibility index (Phi) is 6.79. The van der Waals surface area contributed by atoms with E-state index in [9.17, 15) is 17.6 Å². The molecule has 0 atom stereocenters. The van der Waals surface area contributed by atoms with Crippen molar-refractivity contribution < 1.29 is 17.6 Å². The van der Waals surface area contributed by atoms with Gasteiger partial charge < -0.3 is 5.32 Å². The molecule has 3 aromatic carbocycles. The monoisotopic (exact) mass is 476 g/mol. The molecule has 5 nitrogen and oxygen atoms in total. The number of sulfonamides is 1. The molecule has 3 rings (SSSR count). The van der Waals surface area contributed by atoms with Crippen LogP contribution < -0.4 is 5.32 Å². The predicted octanol–water partition coefficient (Wildman–Crippen LogP) is 4.42. The molecule has 0 radical (unpaired) electrons. The van der Waals surface area contributed by atoms with Crippen LogP contribution in [0.2, 0.25) is 0 Å². The topological polar surface area (TPSA) is 66.5 Å². The molecular weight excluding hydrogens is 459 g/mol. The molecule has 0 unspecified atom stereocenters. The molecule has 0 saturated heterocycles. The van der Waals surface area contributed by atoms with Crippen molar-refractivity contribution in [3.63, 3.8) is 0 Å². The second-order valence-corrected chi connectivity index (χ2v) is 9.12. The molecule has 3 aromatic rings. The van der Waals surface area contributed by atoms with Gasteiger partial charge in [0.05, 0.1) is 11.4 Å². The van der Waals surface area contributed by atoms with Crippen LogP contribution in [-0.2, 0) is 21.4 Å². The predicted molar refractivity (Wildman–Crippen MR) is 113 cm³/mol. The van der Waals surface area contributed by atoms with Crippen molar-refractivity contribution in [2.45, 2.75) is 11.4 Å². The molecule has 0 aliphatic rings. The number of nitrogens with one attached hydrogen (secondary N) is 1. The summed E-state index contributed by atoms with van der Waals surface area (Å²) in [6, 6.07) is 20.4. The fourth-order valence-corrected chi connectivity index (χ4v) is 4.49. The van der Waals surface area contributed by atoms with Crippen LogP contribution in [0.3, 0.4) is 0 Å². The fourth-order valence-electron chi connectivity index (χ4n) is 2.69. The van der Waals surface area contributed by atoms with Crippen LogP contribution in [0.4, 0.5) is 10.1 Å². The molecule has 0 spiro atoms. The van der Waals surface area contributed by atoms with Gasteiger partial charge in [-0.05, 0) is 48.0 Å². The zero-order chi connectivity index (χ0) is 20.9. The maximum Gasteiger partial charge on any atom is 0.243 e. The Labute approximate surface area is 177 Å². The average Bonchev–Trinajstić information content (AvgIpc) is 2.70. The van der Waals surface area contributed by atoms with Crippen molar-refractivity contribution in [2.24, 2.45) is 0 Å². The van der Waals surface area contributed by atoms with E-state index in [1.165, 1.54) is 36.4 Å². The number of carbonyl (C=O) groups is 1. The third-order valence-corrected chi connectivity index (χ3v) is 6.38. The maximum absolute atomic E-state index is 13.2. The third-order valence-electron chi connectivity index (χ3n) is 4.08. The van der Waals surface area contributed by atoms with Gasteiger partial charge in [0.25, 0.3) is 0 Å². The van der Waals surface area contributed by atoms with E-state index in [0.29, 0.717) is 11.3 Å². The zero-order valence-electron chi connectivity index (χ0n) is 15.3. The first-order chi connectivity index (χ1) is 13.8. The number of halogens is 2.